The minimum atomic E-state index is -4.36. The first-order valence-corrected chi connectivity index (χ1v) is 8.39. The van der Waals surface area contributed by atoms with Crippen LogP contribution in [0.15, 0.2) is 36.9 Å². The van der Waals surface area contributed by atoms with Crippen molar-refractivity contribution in [1.82, 2.24) is 9.55 Å². The zero-order chi connectivity index (χ0) is 18.0. The van der Waals surface area contributed by atoms with Gasteiger partial charge in [-0.25, -0.2) is 4.98 Å². The van der Waals surface area contributed by atoms with E-state index < -0.39 is 23.9 Å². The summed E-state index contributed by atoms with van der Waals surface area (Å²) in [6.07, 6.45) is 1.92. The third-order valence-electron chi connectivity index (χ3n) is 4.52. The average Bonchev–Trinajstić information content (AvgIpc) is 3.08. The normalized spacial score (nSPS) is 21.1. The summed E-state index contributed by atoms with van der Waals surface area (Å²) in [4.78, 5) is 16.3. The maximum absolute atomic E-state index is 13.2. The summed E-state index contributed by atoms with van der Waals surface area (Å²) >= 11 is 6.21. The fourth-order valence-corrected chi connectivity index (χ4v) is 3.55. The number of amides is 1. The first-order chi connectivity index (χ1) is 11.9. The van der Waals surface area contributed by atoms with Crippen LogP contribution in [0.2, 0.25) is 5.02 Å². The van der Waals surface area contributed by atoms with E-state index in [9.17, 15) is 18.0 Å². The van der Waals surface area contributed by atoms with E-state index in [4.69, 9.17) is 11.6 Å². The Morgan fingerprint density at radius 2 is 2.04 bits per heavy atom. The number of halogens is 4. The quantitative estimate of drug-likeness (QED) is 0.839. The topological polar surface area (TPSA) is 46.9 Å². The third-order valence-corrected chi connectivity index (χ3v) is 4.82. The van der Waals surface area contributed by atoms with Crippen molar-refractivity contribution < 1.29 is 18.0 Å². The van der Waals surface area contributed by atoms with Crippen LogP contribution in [0, 0.1) is 11.8 Å². The van der Waals surface area contributed by atoms with Crippen LogP contribution in [0.3, 0.4) is 0 Å². The average molecular weight is 372 g/mol. The first-order valence-electron chi connectivity index (χ1n) is 8.02. The number of hydrogen-bond donors (Lipinski definition) is 1. The van der Waals surface area contributed by atoms with Crippen LogP contribution in [-0.2, 0) is 4.79 Å². The highest BCUT2D eigenvalue weighted by molar-refractivity contribution is 6.32. The predicted molar refractivity (Wildman–Crippen MR) is 88.7 cm³/mol. The Bertz CT molecular complexity index is 746. The maximum Gasteiger partial charge on any atom is 0.392 e. The van der Waals surface area contributed by atoms with Gasteiger partial charge in [0.25, 0.3) is 0 Å². The lowest BCUT2D eigenvalue weighted by atomic mass is 9.78. The number of carbonyl (C=O) groups excluding carboxylic acids is 1. The Labute approximate surface area is 148 Å². The molecular weight excluding hydrogens is 355 g/mol. The summed E-state index contributed by atoms with van der Waals surface area (Å²) in [5.41, 5.74) is 1.05. The number of anilines is 1. The minimum Gasteiger partial charge on any atom is -0.326 e. The van der Waals surface area contributed by atoms with Gasteiger partial charge >= 0.3 is 6.18 Å². The summed E-state index contributed by atoms with van der Waals surface area (Å²) in [6, 6.07) is 4.83. The van der Waals surface area contributed by atoms with E-state index in [0.29, 0.717) is 29.2 Å². The first kappa shape index (κ1) is 17.8. The fourth-order valence-electron chi connectivity index (χ4n) is 3.27. The van der Waals surface area contributed by atoms with Crippen molar-refractivity contribution in [3.63, 3.8) is 0 Å². The molecule has 1 heterocycles. The Morgan fingerprint density at radius 3 is 2.68 bits per heavy atom. The molecule has 2 atom stereocenters. The molecule has 2 aromatic rings. The van der Waals surface area contributed by atoms with Gasteiger partial charge in [0.1, 0.15) is 0 Å². The monoisotopic (exact) mass is 371 g/mol. The van der Waals surface area contributed by atoms with E-state index in [-0.39, 0.29) is 12.8 Å². The second kappa shape index (κ2) is 7.07. The van der Waals surface area contributed by atoms with Crippen molar-refractivity contribution in [2.24, 2.45) is 11.8 Å². The number of nitrogens with one attached hydrogen (secondary N) is 1. The lowest BCUT2D eigenvalue weighted by molar-refractivity contribution is -0.197. The number of carbonyl (C=O) groups is 1. The molecule has 1 N–H and O–H groups in total. The molecule has 2 unspecified atom stereocenters. The van der Waals surface area contributed by atoms with Gasteiger partial charge in [-0.2, -0.15) is 13.2 Å². The predicted octanol–water partition coefficient (Wildman–Crippen LogP) is 4.83. The molecule has 1 amide bonds. The minimum absolute atomic E-state index is 0.00189. The van der Waals surface area contributed by atoms with Crippen LogP contribution in [0.4, 0.5) is 18.9 Å². The molecule has 0 aliphatic heterocycles. The summed E-state index contributed by atoms with van der Waals surface area (Å²) in [6.45, 7) is 0. The van der Waals surface area contributed by atoms with E-state index in [1.807, 2.05) is 0 Å². The zero-order valence-electron chi connectivity index (χ0n) is 13.3. The van der Waals surface area contributed by atoms with E-state index in [2.05, 4.69) is 10.3 Å². The molecule has 1 aliphatic rings. The molecule has 8 heteroatoms. The van der Waals surface area contributed by atoms with Gasteiger partial charge < -0.3 is 9.88 Å². The number of rotatable bonds is 3. The SMILES string of the molecule is O=C(Nc1ccc(-n2ccnc2)c(Cl)c1)C1CCCCC1C(F)(F)F. The molecular formula is C17H17ClF3N3O. The summed E-state index contributed by atoms with van der Waals surface area (Å²) in [7, 11) is 0. The number of nitrogens with zero attached hydrogens (tertiary/aromatic N) is 2. The molecule has 1 aromatic carbocycles. The van der Waals surface area contributed by atoms with Crippen molar-refractivity contribution >= 4 is 23.2 Å². The van der Waals surface area contributed by atoms with Crippen molar-refractivity contribution in [3.05, 3.63) is 41.9 Å². The third kappa shape index (κ3) is 3.98. The van der Waals surface area contributed by atoms with Crippen molar-refractivity contribution in [3.8, 4) is 5.69 Å². The van der Waals surface area contributed by atoms with Crippen molar-refractivity contribution in [2.45, 2.75) is 31.9 Å². The molecule has 134 valence electrons. The van der Waals surface area contributed by atoms with Crippen molar-refractivity contribution in [1.29, 1.82) is 0 Å². The largest absolute Gasteiger partial charge is 0.392 e. The Kier molecular flexibility index (Phi) is 5.03. The number of imidazole rings is 1. The highest BCUT2D eigenvalue weighted by Gasteiger charge is 2.48. The number of hydrogen-bond acceptors (Lipinski definition) is 2. The molecule has 1 fully saturated rings. The summed E-state index contributed by atoms with van der Waals surface area (Å²) < 4.78 is 41.2. The number of alkyl halides is 3. The van der Waals surface area contributed by atoms with E-state index in [1.165, 1.54) is 6.07 Å². The van der Waals surface area contributed by atoms with Gasteiger partial charge in [0.15, 0.2) is 0 Å². The van der Waals surface area contributed by atoms with Crippen LogP contribution < -0.4 is 5.32 Å². The second-order valence-corrected chi connectivity index (χ2v) is 6.57. The molecule has 3 rings (SSSR count). The van der Waals surface area contributed by atoms with Gasteiger partial charge in [-0.3, -0.25) is 4.79 Å². The molecule has 4 nitrogen and oxygen atoms in total. The van der Waals surface area contributed by atoms with Gasteiger partial charge in [-0.05, 0) is 31.0 Å². The number of benzene rings is 1. The van der Waals surface area contributed by atoms with E-state index >= 15 is 0 Å². The van der Waals surface area contributed by atoms with Crippen LogP contribution in [-0.4, -0.2) is 21.6 Å². The lowest BCUT2D eigenvalue weighted by Crippen LogP contribution is -2.39. The maximum atomic E-state index is 13.2. The Morgan fingerprint density at radius 1 is 1.28 bits per heavy atom. The molecule has 0 spiro atoms. The van der Waals surface area contributed by atoms with Gasteiger partial charge in [0.05, 0.1) is 23.0 Å². The van der Waals surface area contributed by atoms with E-state index in [1.54, 1.807) is 35.4 Å². The summed E-state index contributed by atoms with van der Waals surface area (Å²) in [5, 5.41) is 2.95. The second-order valence-electron chi connectivity index (χ2n) is 6.16. The zero-order valence-corrected chi connectivity index (χ0v) is 14.0. The molecule has 0 radical (unpaired) electrons. The van der Waals surface area contributed by atoms with Gasteiger partial charge in [-0.15, -0.1) is 0 Å². The standard InChI is InChI=1S/C17H17ClF3N3O/c18-14-9-11(5-6-15(14)24-8-7-22-10-24)23-16(25)12-3-1-2-4-13(12)17(19,20)21/h5-10,12-13H,1-4H2,(H,23,25). The van der Waals surface area contributed by atoms with Crippen LogP contribution in [0.5, 0.6) is 0 Å². The molecule has 1 aromatic heterocycles. The molecule has 0 saturated heterocycles. The highest BCUT2D eigenvalue weighted by Crippen LogP contribution is 2.42. The Hall–Kier alpha value is -2.02. The molecule has 1 saturated carbocycles. The lowest BCUT2D eigenvalue weighted by Gasteiger charge is -2.32. The highest BCUT2D eigenvalue weighted by atomic mass is 35.5. The molecule has 0 bridgehead atoms. The molecule has 25 heavy (non-hydrogen) atoms. The smallest absolute Gasteiger partial charge is 0.326 e. The van der Waals surface area contributed by atoms with E-state index in [0.717, 1.165) is 0 Å². The van der Waals surface area contributed by atoms with Gasteiger partial charge in [0, 0.05) is 24.0 Å². The van der Waals surface area contributed by atoms with Gasteiger partial charge in [-0.1, -0.05) is 24.4 Å². The summed E-state index contributed by atoms with van der Waals surface area (Å²) in [5.74, 6) is -3.24. The van der Waals surface area contributed by atoms with Crippen LogP contribution in [0.25, 0.3) is 5.69 Å². The van der Waals surface area contributed by atoms with Crippen LogP contribution in [0.1, 0.15) is 25.7 Å². The van der Waals surface area contributed by atoms with Gasteiger partial charge in [0.2, 0.25) is 5.91 Å². The Balaban J connectivity index is 1.75. The van der Waals surface area contributed by atoms with Crippen LogP contribution >= 0.6 is 11.6 Å². The van der Waals surface area contributed by atoms with Crippen molar-refractivity contribution in [2.75, 3.05) is 5.32 Å². The fraction of sp³-hybridized carbons (Fsp3) is 0.412. The number of aromatic nitrogens is 2. The molecule has 1 aliphatic carbocycles.